The van der Waals surface area contributed by atoms with Crippen molar-refractivity contribution in [1.29, 1.82) is 5.26 Å². The van der Waals surface area contributed by atoms with Gasteiger partial charge in [0, 0.05) is 0 Å². The molecule has 3 rings (SSSR count). The third-order valence-electron chi connectivity index (χ3n) is 4.81. The summed E-state index contributed by atoms with van der Waals surface area (Å²) in [6, 6.07) is 17.6. The number of nitro benzene ring substituents is 1. The molecule has 0 spiro atoms. The maximum atomic E-state index is 12.7. The Morgan fingerprint density at radius 1 is 1.17 bits per heavy atom. The van der Waals surface area contributed by atoms with Gasteiger partial charge < -0.3 is 14.8 Å². The van der Waals surface area contributed by atoms with Crippen LogP contribution in [0.2, 0.25) is 0 Å². The zero-order chi connectivity index (χ0) is 25.5. The van der Waals surface area contributed by atoms with Gasteiger partial charge in [0.1, 0.15) is 35.4 Å². The second-order valence-electron chi connectivity index (χ2n) is 7.36. The molecular weight excluding hydrogens is 676 g/mol. The van der Waals surface area contributed by atoms with Crippen molar-refractivity contribution in [2.24, 2.45) is 0 Å². The lowest BCUT2D eigenvalue weighted by Gasteiger charge is -2.12. The van der Waals surface area contributed by atoms with Crippen molar-refractivity contribution in [2.45, 2.75) is 13.5 Å². The number of nitro groups is 1. The topological polar surface area (TPSA) is 114 Å². The molecule has 0 bridgehead atoms. The molecule has 3 aromatic carbocycles. The van der Waals surface area contributed by atoms with Crippen molar-refractivity contribution in [3.8, 4) is 17.6 Å². The average molecular weight is 695 g/mol. The summed E-state index contributed by atoms with van der Waals surface area (Å²) in [5.41, 5.74) is 2.25. The van der Waals surface area contributed by atoms with Gasteiger partial charge in [-0.25, -0.2) is 0 Å². The van der Waals surface area contributed by atoms with E-state index in [2.05, 4.69) is 56.6 Å². The fraction of sp³-hybridized carbons (Fsp3) is 0.120. The van der Waals surface area contributed by atoms with E-state index in [9.17, 15) is 20.2 Å². The van der Waals surface area contributed by atoms with Gasteiger partial charge in [0.15, 0.2) is 0 Å². The van der Waals surface area contributed by atoms with E-state index in [1.807, 2.05) is 31.2 Å². The highest BCUT2D eigenvalue weighted by molar-refractivity contribution is 14.1. The summed E-state index contributed by atoms with van der Waals surface area (Å²) in [4.78, 5) is 23.5. The van der Waals surface area contributed by atoms with Crippen LogP contribution in [0.5, 0.6) is 11.5 Å². The van der Waals surface area contributed by atoms with Gasteiger partial charge in [0.05, 0.1) is 25.2 Å². The standard InChI is InChI=1S/C25H19I2N3O5/c1-15-4-3-5-16(8-15)14-35-24-20(26)10-17(11-21(24)27)9-18(13-28)25(31)29-22-7-6-19(34-2)12-23(22)30(32)33/h3-12H,14H2,1-2H3,(H,29,31)/b18-9+. The molecule has 0 saturated heterocycles. The minimum absolute atomic E-state index is 0.0361. The number of rotatable bonds is 8. The molecule has 0 aliphatic carbocycles. The van der Waals surface area contributed by atoms with E-state index in [0.29, 0.717) is 17.9 Å². The molecule has 0 heterocycles. The second kappa shape index (κ2) is 12.0. The fourth-order valence-electron chi connectivity index (χ4n) is 3.16. The predicted molar refractivity (Wildman–Crippen MR) is 149 cm³/mol. The van der Waals surface area contributed by atoms with Crippen molar-refractivity contribution >= 4 is 68.5 Å². The largest absolute Gasteiger partial charge is 0.496 e. The molecule has 0 aliphatic rings. The lowest BCUT2D eigenvalue weighted by Crippen LogP contribution is -2.14. The molecule has 8 nitrogen and oxygen atoms in total. The molecule has 0 saturated carbocycles. The van der Waals surface area contributed by atoms with Crippen LogP contribution in [0.15, 0.2) is 60.2 Å². The van der Waals surface area contributed by atoms with Gasteiger partial charge in [-0.15, -0.1) is 0 Å². The quantitative estimate of drug-likeness (QED) is 0.0981. The van der Waals surface area contributed by atoms with Crippen molar-refractivity contribution < 1.29 is 19.2 Å². The number of hydrogen-bond acceptors (Lipinski definition) is 6. The summed E-state index contributed by atoms with van der Waals surface area (Å²) in [7, 11) is 1.38. The number of anilines is 1. The van der Waals surface area contributed by atoms with Crippen LogP contribution in [0, 0.1) is 35.5 Å². The minimum atomic E-state index is -0.759. The molecule has 10 heteroatoms. The maximum Gasteiger partial charge on any atom is 0.296 e. The number of benzene rings is 3. The molecule has 0 unspecified atom stereocenters. The highest BCUT2D eigenvalue weighted by Crippen LogP contribution is 2.32. The summed E-state index contributed by atoms with van der Waals surface area (Å²) in [6.07, 6.45) is 1.43. The maximum absolute atomic E-state index is 12.7. The highest BCUT2D eigenvalue weighted by Gasteiger charge is 2.19. The summed E-state index contributed by atoms with van der Waals surface area (Å²) in [6.45, 7) is 2.43. The Morgan fingerprint density at radius 2 is 1.89 bits per heavy atom. The Kier molecular flexibility index (Phi) is 9.05. The number of ether oxygens (including phenoxy) is 2. The number of carbonyl (C=O) groups excluding carboxylic acids is 1. The first-order chi connectivity index (χ1) is 16.7. The molecule has 0 aliphatic heterocycles. The van der Waals surface area contributed by atoms with Crippen LogP contribution in [-0.4, -0.2) is 17.9 Å². The summed E-state index contributed by atoms with van der Waals surface area (Å²) < 4.78 is 12.7. The molecule has 0 fully saturated rings. The lowest BCUT2D eigenvalue weighted by atomic mass is 10.1. The van der Waals surface area contributed by atoms with Gasteiger partial charge in [-0.3, -0.25) is 14.9 Å². The Balaban J connectivity index is 1.81. The molecular formula is C25H19I2N3O5. The SMILES string of the molecule is COc1ccc(NC(=O)/C(C#N)=C/c2cc(I)c(OCc3cccc(C)c3)c(I)c2)c([N+](=O)[O-])c1. The number of halogens is 2. The third-order valence-corrected chi connectivity index (χ3v) is 6.41. The van der Waals surface area contributed by atoms with Crippen molar-refractivity contribution in [3.63, 3.8) is 0 Å². The van der Waals surface area contributed by atoms with E-state index in [0.717, 1.165) is 18.3 Å². The lowest BCUT2D eigenvalue weighted by molar-refractivity contribution is -0.384. The zero-order valence-electron chi connectivity index (χ0n) is 18.7. The van der Waals surface area contributed by atoms with Crippen LogP contribution in [-0.2, 0) is 11.4 Å². The van der Waals surface area contributed by atoms with E-state index in [4.69, 9.17) is 9.47 Å². The molecule has 35 heavy (non-hydrogen) atoms. The molecule has 1 amide bonds. The number of nitrogens with one attached hydrogen (secondary N) is 1. The Morgan fingerprint density at radius 3 is 2.49 bits per heavy atom. The van der Waals surface area contributed by atoms with Crippen LogP contribution < -0.4 is 14.8 Å². The number of hydrogen-bond donors (Lipinski definition) is 1. The number of carbonyl (C=O) groups is 1. The van der Waals surface area contributed by atoms with Crippen LogP contribution >= 0.6 is 45.2 Å². The van der Waals surface area contributed by atoms with Crippen molar-refractivity contribution in [3.05, 3.63) is 94.1 Å². The summed E-state index contributed by atoms with van der Waals surface area (Å²) in [5, 5.41) is 23.4. The number of nitrogens with zero attached hydrogens (tertiary/aromatic N) is 2. The molecule has 0 atom stereocenters. The van der Waals surface area contributed by atoms with Gasteiger partial charge in [0.25, 0.3) is 11.6 Å². The van der Waals surface area contributed by atoms with Gasteiger partial charge in [-0.2, -0.15) is 5.26 Å². The first-order valence-electron chi connectivity index (χ1n) is 10.1. The smallest absolute Gasteiger partial charge is 0.296 e. The minimum Gasteiger partial charge on any atom is -0.496 e. The van der Waals surface area contributed by atoms with Crippen molar-refractivity contribution in [1.82, 2.24) is 0 Å². The highest BCUT2D eigenvalue weighted by atomic mass is 127. The number of aryl methyl sites for hydroxylation is 1. The van der Waals surface area contributed by atoms with E-state index in [1.165, 1.54) is 31.4 Å². The van der Waals surface area contributed by atoms with E-state index < -0.39 is 10.8 Å². The van der Waals surface area contributed by atoms with Crippen molar-refractivity contribution in [2.75, 3.05) is 12.4 Å². The van der Waals surface area contributed by atoms with Crippen LogP contribution in [0.4, 0.5) is 11.4 Å². The predicted octanol–water partition coefficient (Wildman–Crippen LogP) is 6.25. The van der Waals surface area contributed by atoms with E-state index >= 15 is 0 Å². The Labute approximate surface area is 229 Å². The first kappa shape index (κ1) is 26.4. The van der Waals surface area contributed by atoms with Gasteiger partial charge in [-0.1, -0.05) is 29.8 Å². The molecule has 3 aromatic rings. The molecule has 0 aromatic heterocycles. The van der Waals surface area contributed by atoms with Crippen LogP contribution in [0.3, 0.4) is 0 Å². The fourth-order valence-corrected chi connectivity index (χ4v) is 5.29. The zero-order valence-corrected chi connectivity index (χ0v) is 23.0. The van der Waals surface area contributed by atoms with Crippen LogP contribution in [0.25, 0.3) is 6.08 Å². The van der Waals surface area contributed by atoms with E-state index in [1.54, 1.807) is 12.1 Å². The monoisotopic (exact) mass is 695 g/mol. The second-order valence-corrected chi connectivity index (χ2v) is 9.68. The van der Waals surface area contributed by atoms with Gasteiger partial charge in [-0.05, 0) is 93.6 Å². The normalized spacial score (nSPS) is 10.9. The van der Waals surface area contributed by atoms with Crippen LogP contribution in [0.1, 0.15) is 16.7 Å². The Hall–Kier alpha value is -3.18. The number of amides is 1. The molecule has 178 valence electrons. The average Bonchev–Trinajstić information content (AvgIpc) is 2.82. The van der Waals surface area contributed by atoms with Gasteiger partial charge in [0.2, 0.25) is 0 Å². The first-order valence-corrected chi connectivity index (χ1v) is 12.3. The van der Waals surface area contributed by atoms with Gasteiger partial charge >= 0.3 is 0 Å². The Bertz CT molecular complexity index is 1340. The molecule has 0 radical (unpaired) electrons. The number of methoxy groups -OCH3 is 1. The third kappa shape index (κ3) is 6.92. The number of nitriles is 1. The summed E-state index contributed by atoms with van der Waals surface area (Å²) >= 11 is 4.29. The summed E-state index contributed by atoms with van der Waals surface area (Å²) in [5.74, 6) is 0.229. The van der Waals surface area contributed by atoms with E-state index in [-0.39, 0.29) is 22.7 Å². The molecule has 1 N–H and O–H groups in total.